The Morgan fingerprint density at radius 1 is 1.04 bits per heavy atom. The van der Waals surface area contributed by atoms with Crippen molar-refractivity contribution in [2.24, 2.45) is 5.92 Å². The lowest BCUT2D eigenvalue weighted by molar-refractivity contribution is 0.276. The van der Waals surface area contributed by atoms with Crippen molar-refractivity contribution in [2.75, 3.05) is 13.7 Å². The molecule has 0 amide bonds. The SMILES string of the molecule is COc1cccc(CNCCC(C)C)c1OCc1ccccc1F. The van der Waals surface area contributed by atoms with Crippen LogP contribution in [0.4, 0.5) is 4.39 Å². The summed E-state index contributed by atoms with van der Waals surface area (Å²) in [5.41, 5.74) is 1.54. The summed E-state index contributed by atoms with van der Waals surface area (Å²) in [4.78, 5) is 0. The second-order valence-electron chi connectivity index (χ2n) is 6.19. The molecule has 0 aliphatic heterocycles. The molecule has 0 heterocycles. The molecule has 0 aliphatic carbocycles. The van der Waals surface area contributed by atoms with Gasteiger partial charge in [0.15, 0.2) is 11.5 Å². The van der Waals surface area contributed by atoms with Gasteiger partial charge in [0.25, 0.3) is 0 Å². The Labute approximate surface area is 143 Å². The van der Waals surface area contributed by atoms with Crippen LogP contribution < -0.4 is 14.8 Å². The monoisotopic (exact) mass is 331 g/mol. The van der Waals surface area contributed by atoms with E-state index in [4.69, 9.17) is 9.47 Å². The molecule has 0 bridgehead atoms. The van der Waals surface area contributed by atoms with Gasteiger partial charge in [0, 0.05) is 17.7 Å². The summed E-state index contributed by atoms with van der Waals surface area (Å²) in [7, 11) is 1.61. The first-order valence-electron chi connectivity index (χ1n) is 8.34. The van der Waals surface area contributed by atoms with E-state index in [0.29, 0.717) is 29.5 Å². The van der Waals surface area contributed by atoms with E-state index in [-0.39, 0.29) is 12.4 Å². The highest BCUT2D eigenvalue weighted by Crippen LogP contribution is 2.32. The fourth-order valence-corrected chi connectivity index (χ4v) is 2.40. The molecule has 0 saturated carbocycles. The smallest absolute Gasteiger partial charge is 0.166 e. The Morgan fingerprint density at radius 3 is 2.50 bits per heavy atom. The molecule has 3 nitrogen and oxygen atoms in total. The van der Waals surface area contributed by atoms with Crippen LogP contribution in [-0.4, -0.2) is 13.7 Å². The summed E-state index contributed by atoms with van der Waals surface area (Å²) < 4.78 is 25.1. The maximum absolute atomic E-state index is 13.8. The number of methoxy groups -OCH3 is 1. The van der Waals surface area contributed by atoms with Crippen molar-refractivity contribution < 1.29 is 13.9 Å². The predicted octanol–water partition coefficient (Wildman–Crippen LogP) is 4.55. The number of nitrogens with one attached hydrogen (secondary N) is 1. The van der Waals surface area contributed by atoms with Gasteiger partial charge >= 0.3 is 0 Å². The molecule has 2 aromatic rings. The van der Waals surface area contributed by atoms with Crippen LogP contribution in [0.25, 0.3) is 0 Å². The number of rotatable bonds is 9. The van der Waals surface area contributed by atoms with Crippen LogP contribution in [0.15, 0.2) is 42.5 Å². The standard InChI is InChI=1S/C20H26FNO2/c1-15(2)11-12-22-13-16-8-6-10-19(23-3)20(16)24-14-17-7-4-5-9-18(17)21/h4-10,15,22H,11-14H2,1-3H3. The van der Waals surface area contributed by atoms with Gasteiger partial charge in [0.05, 0.1) is 7.11 Å². The van der Waals surface area contributed by atoms with Gasteiger partial charge in [-0.05, 0) is 31.0 Å². The van der Waals surface area contributed by atoms with Gasteiger partial charge in [-0.3, -0.25) is 0 Å². The minimum absolute atomic E-state index is 0.173. The van der Waals surface area contributed by atoms with Crippen LogP contribution in [0.2, 0.25) is 0 Å². The summed E-state index contributed by atoms with van der Waals surface area (Å²) in [6.07, 6.45) is 1.12. The fraction of sp³-hybridized carbons (Fsp3) is 0.400. The van der Waals surface area contributed by atoms with E-state index < -0.39 is 0 Å². The van der Waals surface area contributed by atoms with Crippen molar-refractivity contribution in [2.45, 2.75) is 33.4 Å². The first kappa shape index (κ1) is 18.3. The molecule has 2 aromatic carbocycles. The highest BCUT2D eigenvalue weighted by atomic mass is 19.1. The van der Waals surface area contributed by atoms with Crippen molar-refractivity contribution in [1.29, 1.82) is 0 Å². The zero-order valence-electron chi connectivity index (χ0n) is 14.6. The summed E-state index contributed by atoms with van der Waals surface area (Å²) >= 11 is 0. The van der Waals surface area contributed by atoms with Gasteiger partial charge in [-0.15, -0.1) is 0 Å². The van der Waals surface area contributed by atoms with E-state index >= 15 is 0 Å². The first-order valence-corrected chi connectivity index (χ1v) is 8.34. The number of hydrogen-bond acceptors (Lipinski definition) is 3. The third kappa shape index (κ3) is 5.24. The Hall–Kier alpha value is -2.07. The topological polar surface area (TPSA) is 30.5 Å². The van der Waals surface area contributed by atoms with Gasteiger partial charge in [-0.1, -0.05) is 44.2 Å². The molecule has 0 saturated heterocycles. The largest absolute Gasteiger partial charge is 0.493 e. The number of para-hydroxylation sites is 1. The molecular formula is C20H26FNO2. The molecule has 2 rings (SSSR count). The fourth-order valence-electron chi connectivity index (χ4n) is 2.40. The summed E-state index contributed by atoms with van der Waals surface area (Å²) in [5, 5.41) is 3.42. The lowest BCUT2D eigenvalue weighted by Crippen LogP contribution is -2.17. The highest BCUT2D eigenvalue weighted by Gasteiger charge is 2.12. The van der Waals surface area contributed by atoms with Gasteiger partial charge in [0.2, 0.25) is 0 Å². The molecular weight excluding hydrogens is 305 g/mol. The highest BCUT2D eigenvalue weighted by molar-refractivity contribution is 5.46. The van der Waals surface area contributed by atoms with Gasteiger partial charge in [-0.2, -0.15) is 0 Å². The van der Waals surface area contributed by atoms with Gasteiger partial charge in [0.1, 0.15) is 12.4 Å². The lowest BCUT2D eigenvalue weighted by Gasteiger charge is -2.16. The molecule has 0 fully saturated rings. The van der Waals surface area contributed by atoms with Gasteiger partial charge < -0.3 is 14.8 Å². The quantitative estimate of drug-likeness (QED) is 0.684. The normalized spacial score (nSPS) is 10.9. The van der Waals surface area contributed by atoms with Crippen LogP contribution in [0.1, 0.15) is 31.4 Å². The maximum atomic E-state index is 13.8. The molecule has 0 spiro atoms. The van der Waals surface area contributed by atoms with Crippen molar-refractivity contribution in [3.05, 3.63) is 59.4 Å². The lowest BCUT2D eigenvalue weighted by atomic mass is 10.1. The van der Waals surface area contributed by atoms with Crippen LogP contribution in [0.5, 0.6) is 11.5 Å². The van der Waals surface area contributed by atoms with E-state index in [1.165, 1.54) is 6.07 Å². The average Bonchev–Trinajstić information content (AvgIpc) is 2.58. The predicted molar refractivity (Wildman–Crippen MR) is 94.9 cm³/mol. The van der Waals surface area contributed by atoms with E-state index in [0.717, 1.165) is 18.5 Å². The van der Waals surface area contributed by atoms with E-state index in [2.05, 4.69) is 19.2 Å². The minimum Gasteiger partial charge on any atom is -0.493 e. The van der Waals surface area contributed by atoms with Gasteiger partial charge in [-0.25, -0.2) is 4.39 Å². The Kier molecular flexibility index (Phi) is 7.07. The average molecular weight is 331 g/mol. The zero-order valence-corrected chi connectivity index (χ0v) is 14.6. The third-order valence-electron chi connectivity index (χ3n) is 3.82. The second-order valence-corrected chi connectivity index (χ2v) is 6.19. The van der Waals surface area contributed by atoms with E-state index in [1.54, 1.807) is 25.3 Å². The Morgan fingerprint density at radius 2 is 1.79 bits per heavy atom. The molecule has 0 radical (unpaired) electrons. The molecule has 24 heavy (non-hydrogen) atoms. The number of hydrogen-bond donors (Lipinski definition) is 1. The summed E-state index contributed by atoms with van der Waals surface area (Å²) in [5.74, 6) is 1.73. The Bertz CT molecular complexity index is 643. The molecule has 0 aliphatic rings. The van der Waals surface area contributed by atoms with Crippen molar-refractivity contribution in [3.8, 4) is 11.5 Å². The molecule has 0 atom stereocenters. The third-order valence-corrected chi connectivity index (χ3v) is 3.82. The Balaban J connectivity index is 2.07. The second kappa shape index (κ2) is 9.28. The summed E-state index contributed by atoms with van der Waals surface area (Å²) in [6, 6.07) is 12.4. The van der Waals surface area contributed by atoms with Crippen LogP contribution >= 0.6 is 0 Å². The molecule has 4 heteroatoms. The number of halogens is 1. The van der Waals surface area contributed by atoms with E-state index in [1.807, 2.05) is 18.2 Å². The molecule has 1 N–H and O–H groups in total. The maximum Gasteiger partial charge on any atom is 0.166 e. The molecule has 130 valence electrons. The van der Waals surface area contributed by atoms with Crippen LogP contribution in [0.3, 0.4) is 0 Å². The number of ether oxygens (including phenoxy) is 2. The molecule has 0 aromatic heterocycles. The first-order chi connectivity index (χ1) is 11.6. The van der Waals surface area contributed by atoms with Crippen LogP contribution in [0, 0.1) is 11.7 Å². The van der Waals surface area contributed by atoms with E-state index in [9.17, 15) is 4.39 Å². The van der Waals surface area contributed by atoms with Crippen molar-refractivity contribution >= 4 is 0 Å². The summed E-state index contributed by atoms with van der Waals surface area (Å²) in [6.45, 7) is 6.22. The van der Waals surface area contributed by atoms with Crippen molar-refractivity contribution in [1.82, 2.24) is 5.32 Å². The number of benzene rings is 2. The minimum atomic E-state index is -0.260. The van der Waals surface area contributed by atoms with Crippen LogP contribution in [-0.2, 0) is 13.2 Å². The molecule has 0 unspecified atom stereocenters. The zero-order chi connectivity index (χ0) is 17.4. The van der Waals surface area contributed by atoms with Crippen molar-refractivity contribution in [3.63, 3.8) is 0 Å².